The predicted octanol–water partition coefficient (Wildman–Crippen LogP) is 3.63. The van der Waals surface area contributed by atoms with E-state index in [0.29, 0.717) is 33.1 Å². The van der Waals surface area contributed by atoms with Gasteiger partial charge in [-0.15, -0.1) is 0 Å². The van der Waals surface area contributed by atoms with Crippen LogP contribution in [0.5, 0.6) is 11.5 Å². The fourth-order valence-electron chi connectivity index (χ4n) is 4.05. The number of nitrogens with two attached hydrogens (primary N) is 1. The van der Waals surface area contributed by atoms with Crippen molar-refractivity contribution >= 4 is 34.1 Å². The van der Waals surface area contributed by atoms with Crippen molar-refractivity contribution in [3.63, 3.8) is 0 Å². The lowest BCUT2D eigenvalue weighted by molar-refractivity contribution is -0.113. The molecule has 5 rings (SSSR count). The van der Waals surface area contributed by atoms with Gasteiger partial charge < -0.3 is 30.2 Å². The molecule has 3 aromatic rings. The third-order valence-electron chi connectivity index (χ3n) is 5.63. The highest BCUT2D eigenvalue weighted by molar-refractivity contribution is 6.30. The van der Waals surface area contributed by atoms with Crippen LogP contribution in [0.25, 0.3) is 10.9 Å². The quantitative estimate of drug-likeness (QED) is 0.524. The lowest BCUT2D eigenvalue weighted by Gasteiger charge is -2.27. The van der Waals surface area contributed by atoms with Gasteiger partial charge in [0.05, 0.1) is 17.0 Å². The molecule has 4 N–H and O–H groups in total. The van der Waals surface area contributed by atoms with Crippen LogP contribution >= 0.6 is 11.6 Å². The van der Waals surface area contributed by atoms with Crippen molar-refractivity contribution < 1.29 is 19.0 Å². The van der Waals surface area contributed by atoms with Crippen molar-refractivity contribution in [2.45, 2.75) is 12.8 Å². The topological polar surface area (TPSA) is 139 Å². The Morgan fingerprint density at radius 2 is 1.91 bits per heavy atom. The Kier molecular flexibility index (Phi) is 5.15. The van der Waals surface area contributed by atoms with Gasteiger partial charge in [-0.25, -0.2) is 0 Å². The fourth-order valence-corrected chi connectivity index (χ4v) is 4.17. The maximum Gasteiger partial charge on any atom is 0.255 e. The van der Waals surface area contributed by atoms with Crippen LogP contribution in [0.15, 0.2) is 70.0 Å². The maximum absolute atomic E-state index is 13.3. The molecule has 0 bridgehead atoms. The molecule has 2 aliphatic rings. The molecule has 0 aliphatic carbocycles. The summed E-state index contributed by atoms with van der Waals surface area (Å²) in [4.78, 5) is 29.3. The van der Waals surface area contributed by atoms with Crippen molar-refractivity contribution in [3.05, 3.63) is 86.2 Å². The third kappa shape index (κ3) is 3.60. The molecule has 0 fully saturated rings. The van der Waals surface area contributed by atoms with E-state index in [4.69, 9.17) is 31.5 Å². The van der Waals surface area contributed by atoms with E-state index in [2.05, 4.69) is 10.3 Å². The number of anilines is 1. The summed E-state index contributed by atoms with van der Waals surface area (Å²) in [5.41, 5.74) is 6.71. The van der Waals surface area contributed by atoms with Gasteiger partial charge in [-0.1, -0.05) is 11.6 Å². The normalized spacial score (nSPS) is 16.9. The highest BCUT2D eigenvalue weighted by atomic mass is 35.5. The molecule has 1 atom stereocenters. The zero-order valence-electron chi connectivity index (χ0n) is 17.8. The monoisotopic (exact) mass is 476 g/mol. The standard InChI is InChI=1S/C24H17ClN4O5/c1-11-20(24(31)28-14-4-2-13(25)3-5-14)21(16(9-26)22(27)34-11)15-6-12-7-18-19(33-10-32-18)8-17(12)29-23(15)30/h2-8,21H,10,27H2,1H3,(H,28,31)(H,29,30). The number of hydrogen-bond donors (Lipinski definition) is 3. The maximum atomic E-state index is 13.3. The summed E-state index contributed by atoms with van der Waals surface area (Å²) in [5, 5.41) is 13.8. The molecule has 2 aromatic carbocycles. The molecule has 1 unspecified atom stereocenters. The highest BCUT2D eigenvalue weighted by Gasteiger charge is 2.37. The Bertz CT molecular complexity index is 1520. The number of allylic oxidation sites excluding steroid dienone is 2. The number of aromatic amines is 1. The van der Waals surface area contributed by atoms with Gasteiger partial charge in [-0.3, -0.25) is 9.59 Å². The van der Waals surface area contributed by atoms with Gasteiger partial charge in [0.1, 0.15) is 17.4 Å². The number of carbonyl (C=O) groups is 1. The first kappa shape index (κ1) is 21.4. The molecular formula is C24H17ClN4O5. The lowest BCUT2D eigenvalue weighted by atomic mass is 9.82. The number of carbonyl (C=O) groups excluding carboxylic acids is 1. The van der Waals surface area contributed by atoms with E-state index in [1.807, 2.05) is 6.07 Å². The lowest BCUT2D eigenvalue weighted by Crippen LogP contribution is -2.30. The van der Waals surface area contributed by atoms with E-state index in [0.717, 1.165) is 0 Å². The number of nitrogens with one attached hydrogen (secondary N) is 2. The van der Waals surface area contributed by atoms with Crippen molar-refractivity contribution in [3.8, 4) is 17.6 Å². The predicted molar refractivity (Wildman–Crippen MR) is 124 cm³/mol. The summed E-state index contributed by atoms with van der Waals surface area (Å²) in [6.45, 7) is 1.63. The molecule has 3 heterocycles. The summed E-state index contributed by atoms with van der Waals surface area (Å²) in [6, 6.07) is 13.5. The van der Waals surface area contributed by atoms with Crippen molar-refractivity contribution in [2.75, 3.05) is 12.1 Å². The Morgan fingerprint density at radius 3 is 2.62 bits per heavy atom. The summed E-state index contributed by atoms with van der Waals surface area (Å²) in [5.74, 6) is -0.542. The molecule has 0 spiro atoms. The Balaban J connectivity index is 1.64. The van der Waals surface area contributed by atoms with E-state index in [-0.39, 0.29) is 35.1 Å². The van der Waals surface area contributed by atoms with Crippen LogP contribution in [0.2, 0.25) is 5.02 Å². The second-order valence-corrected chi connectivity index (χ2v) is 8.14. The Morgan fingerprint density at radius 1 is 1.21 bits per heavy atom. The van der Waals surface area contributed by atoms with E-state index >= 15 is 0 Å². The van der Waals surface area contributed by atoms with E-state index in [1.165, 1.54) is 0 Å². The Labute approximate surface area is 198 Å². The summed E-state index contributed by atoms with van der Waals surface area (Å²) in [7, 11) is 0. The highest BCUT2D eigenvalue weighted by Crippen LogP contribution is 2.40. The number of pyridine rings is 1. The summed E-state index contributed by atoms with van der Waals surface area (Å²) >= 11 is 5.92. The number of hydrogen-bond acceptors (Lipinski definition) is 7. The zero-order valence-corrected chi connectivity index (χ0v) is 18.5. The molecule has 2 aliphatic heterocycles. The first-order valence-corrected chi connectivity index (χ1v) is 10.6. The van der Waals surface area contributed by atoms with Gasteiger partial charge in [-0.05, 0) is 43.3 Å². The van der Waals surface area contributed by atoms with E-state index < -0.39 is 17.4 Å². The van der Waals surface area contributed by atoms with Gasteiger partial charge >= 0.3 is 0 Å². The molecule has 10 heteroatoms. The molecular weight excluding hydrogens is 460 g/mol. The fraction of sp³-hybridized carbons (Fsp3) is 0.125. The number of nitriles is 1. The number of rotatable bonds is 3. The van der Waals surface area contributed by atoms with Crippen LogP contribution in [0.4, 0.5) is 5.69 Å². The van der Waals surface area contributed by atoms with Crippen molar-refractivity contribution in [1.29, 1.82) is 5.26 Å². The van der Waals surface area contributed by atoms with Gasteiger partial charge in [0.2, 0.25) is 12.7 Å². The first-order valence-electron chi connectivity index (χ1n) is 10.2. The molecule has 0 saturated heterocycles. The number of H-pyrrole nitrogens is 1. The number of aromatic nitrogens is 1. The molecule has 9 nitrogen and oxygen atoms in total. The number of halogens is 1. The average Bonchev–Trinajstić information content (AvgIpc) is 3.25. The summed E-state index contributed by atoms with van der Waals surface area (Å²) in [6.07, 6.45) is 0. The number of fused-ring (bicyclic) bond motifs is 2. The molecule has 0 radical (unpaired) electrons. The second-order valence-electron chi connectivity index (χ2n) is 7.70. The van der Waals surface area contributed by atoms with Crippen LogP contribution in [-0.4, -0.2) is 17.7 Å². The van der Waals surface area contributed by atoms with Gasteiger partial charge in [-0.2, -0.15) is 5.26 Å². The third-order valence-corrected chi connectivity index (χ3v) is 5.88. The second kappa shape index (κ2) is 8.17. The molecule has 170 valence electrons. The number of ether oxygens (including phenoxy) is 3. The summed E-state index contributed by atoms with van der Waals surface area (Å²) < 4.78 is 16.3. The van der Waals surface area contributed by atoms with Crippen LogP contribution in [0, 0.1) is 11.3 Å². The average molecular weight is 477 g/mol. The minimum atomic E-state index is -1.05. The van der Waals surface area contributed by atoms with Gasteiger partial charge in [0.25, 0.3) is 11.5 Å². The largest absolute Gasteiger partial charge is 0.454 e. The minimum absolute atomic E-state index is 0.0440. The zero-order chi connectivity index (χ0) is 24.0. The van der Waals surface area contributed by atoms with Crippen LogP contribution in [0.3, 0.4) is 0 Å². The molecule has 1 amide bonds. The molecule has 1 aromatic heterocycles. The number of nitrogens with zero attached hydrogens (tertiary/aromatic N) is 1. The Hall–Kier alpha value is -4.42. The minimum Gasteiger partial charge on any atom is -0.454 e. The smallest absolute Gasteiger partial charge is 0.255 e. The number of benzene rings is 2. The van der Waals surface area contributed by atoms with E-state index in [9.17, 15) is 14.9 Å². The van der Waals surface area contributed by atoms with Gasteiger partial charge in [0, 0.05) is 27.7 Å². The molecule has 34 heavy (non-hydrogen) atoms. The molecule has 0 saturated carbocycles. The van der Waals surface area contributed by atoms with Crippen LogP contribution in [-0.2, 0) is 9.53 Å². The SMILES string of the molecule is CC1=C(C(=O)Nc2ccc(Cl)cc2)C(c2cc3cc4c(cc3[nH]c2=O)OCO4)C(C#N)=C(N)O1. The van der Waals surface area contributed by atoms with Gasteiger partial charge in [0.15, 0.2) is 11.5 Å². The first-order chi connectivity index (χ1) is 16.4. The van der Waals surface area contributed by atoms with Crippen LogP contribution in [0.1, 0.15) is 18.4 Å². The van der Waals surface area contributed by atoms with Crippen molar-refractivity contribution in [2.24, 2.45) is 5.73 Å². The van der Waals surface area contributed by atoms with Crippen molar-refractivity contribution in [1.82, 2.24) is 4.98 Å². The van der Waals surface area contributed by atoms with Crippen LogP contribution < -0.4 is 26.1 Å². The number of amides is 1. The van der Waals surface area contributed by atoms with E-state index in [1.54, 1.807) is 49.4 Å².